The molecule has 0 atom stereocenters. The molecule has 0 aliphatic rings. The Morgan fingerprint density at radius 2 is 0.639 bits per heavy atom. The fourth-order valence-corrected chi connectivity index (χ4v) is 2.56. The van der Waals surface area contributed by atoms with Crippen LogP contribution in [0.2, 0.25) is 0 Å². The highest BCUT2D eigenvalue weighted by Gasteiger charge is 1.96. The molecule has 0 bridgehead atoms. The van der Waals surface area contributed by atoms with E-state index in [0.29, 0.717) is 112 Å². The number of unbranched alkanes of at least 4 members (excludes halogenated alkanes) is 2. The molecule has 0 rings (SSSR count). The van der Waals surface area contributed by atoms with Gasteiger partial charge in [-0.05, 0) is 6.42 Å². The van der Waals surface area contributed by atoms with Gasteiger partial charge in [0.05, 0.1) is 112 Å². The molecule has 0 heterocycles. The lowest BCUT2D eigenvalue weighted by molar-refractivity contribution is -0.142. The second kappa shape index (κ2) is 32.1. The van der Waals surface area contributed by atoms with Gasteiger partial charge < -0.3 is 47.4 Å². The van der Waals surface area contributed by atoms with Gasteiger partial charge in [-0.25, -0.2) is 0 Å². The Morgan fingerprint density at radius 1 is 0.389 bits per heavy atom. The fraction of sp³-hybridized carbons (Fsp3) is 0.960. The van der Waals surface area contributed by atoms with Gasteiger partial charge in [-0.3, -0.25) is 4.79 Å². The number of carbonyl (C=O) groups is 1. The van der Waals surface area contributed by atoms with Crippen LogP contribution in [0.25, 0.3) is 0 Å². The van der Waals surface area contributed by atoms with Gasteiger partial charge in [-0.2, -0.15) is 0 Å². The normalized spacial score (nSPS) is 11.3. The first-order chi connectivity index (χ1) is 17.8. The van der Waals surface area contributed by atoms with Crippen molar-refractivity contribution < 1.29 is 52.2 Å². The van der Waals surface area contributed by atoms with Crippen LogP contribution in [-0.4, -0.2) is 132 Å². The predicted octanol–water partition coefficient (Wildman–Crippen LogP) is 1.89. The zero-order valence-corrected chi connectivity index (χ0v) is 22.5. The Kier molecular flexibility index (Phi) is 31.3. The van der Waals surface area contributed by atoms with Crippen LogP contribution in [0.15, 0.2) is 0 Å². The van der Waals surface area contributed by atoms with Crippen LogP contribution in [0.1, 0.15) is 33.1 Å². The number of esters is 1. The number of rotatable bonds is 31. The van der Waals surface area contributed by atoms with Gasteiger partial charge in [0.15, 0.2) is 0 Å². The molecule has 11 heteroatoms. The van der Waals surface area contributed by atoms with Crippen molar-refractivity contribution in [3.05, 3.63) is 0 Å². The molecule has 0 aliphatic carbocycles. The van der Waals surface area contributed by atoms with Crippen molar-refractivity contribution >= 4 is 5.97 Å². The third-order valence-electron chi connectivity index (χ3n) is 4.40. The molecule has 0 amide bonds. The lowest BCUT2D eigenvalue weighted by Crippen LogP contribution is -2.15. The first-order valence-corrected chi connectivity index (χ1v) is 13.1. The summed E-state index contributed by atoms with van der Waals surface area (Å²) < 4.78 is 53.5. The lowest BCUT2D eigenvalue weighted by Gasteiger charge is -2.09. The summed E-state index contributed by atoms with van der Waals surface area (Å²) >= 11 is 0. The van der Waals surface area contributed by atoms with Crippen molar-refractivity contribution in [2.45, 2.75) is 33.1 Å². The van der Waals surface area contributed by atoms with Crippen LogP contribution in [-0.2, 0) is 52.2 Å². The minimum atomic E-state index is -0.307. The van der Waals surface area contributed by atoms with Gasteiger partial charge in [0, 0.05) is 13.5 Å². The largest absolute Gasteiger partial charge is 0.463 e. The van der Waals surface area contributed by atoms with Gasteiger partial charge in [-0.15, -0.1) is 0 Å². The summed E-state index contributed by atoms with van der Waals surface area (Å²) in [5.74, 6) is -0.307. The summed E-state index contributed by atoms with van der Waals surface area (Å²) in [6.45, 7) is 13.4. The number of carbonyl (C=O) groups excluding carboxylic acids is 1. The van der Waals surface area contributed by atoms with Crippen molar-refractivity contribution in [1.82, 2.24) is 0 Å². The van der Waals surface area contributed by atoms with Crippen molar-refractivity contribution in [3.63, 3.8) is 0 Å². The molecule has 11 nitrogen and oxygen atoms in total. The molecular formula is C25H50O11. The van der Waals surface area contributed by atoms with Crippen LogP contribution in [0.4, 0.5) is 0 Å². The average Bonchev–Trinajstić information content (AvgIpc) is 2.87. The zero-order chi connectivity index (χ0) is 26.2. The van der Waals surface area contributed by atoms with E-state index in [0.717, 1.165) is 13.0 Å². The molecule has 0 radical (unpaired) electrons. The second-order valence-corrected chi connectivity index (χ2v) is 7.56. The standard InChI is InChI=1S/C25H50O11/c1-3-4-5-6-27-7-8-28-9-10-29-11-12-30-13-14-31-15-16-32-17-18-33-19-20-34-21-22-35-23-24-36-25(2)26/h3-24H2,1-2H3. The molecule has 0 N–H and O–H groups in total. The first-order valence-electron chi connectivity index (χ1n) is 13.1. The summed E-state index contributed by atoms with van der Waals surface area (Å²) in [6.07, 6.45) is 3.54. The van der Waals surface area contributed by atoms with E-state index in [1.165, 1.54) is 19.8 Å². The average molecular weight is 527 g/mol. The molecule has 216 valence electrons. The maximum atomic E-state index is 10.6. The van der Waals surface area contributed by atoms with Gasteiger partial charge in [0.25, 0.3) is 0 Å². The quantitative estimate of drug-likeness (QED) is 0.0976. The Balaban J connectivity index is 3.02. The number of ether oxygens (including phenoxy) is 10. The van der Waals surface area contributed by atoms with Crippen molar-refractivity contribution in [3.8, 4) is 0 Å². The summed E-state index contributed by atoms with van der Waals surface area (Å²) in [6, 6.07) is 0. The predicted molar refractivity (Wildman–Crippen MR) is 134 cm³/mol. The molecule has 0 fully saturated rings. The summed E-state index contributed by atoms with van der Waals surface area (Å²) in [7, 11) is 0. The molecule has 0 aromatic heterocycles. The first kappa shape index (κ1) is 35.1. The molecule has 0 aliphatic heterocycles. The smallest absolute Gasteiger partial charge is 0.302 e. The summed E-state index contributed by atoms with van der Waals surface area (Å²) in [5.41, 5.74) is 0. The number of hydrogen-bond donors (Lipinski definition) is 0. The fourth-order valence-electron chi connectivity index (χ4n) is 2.56. The van der Waals surface area contributed by atoms with Crippen LogP contribution in [0.3, 0.4) is 0 Å². The molecular weight excluding hydrogens is 476 g/mol. The van der Waals surface area contributed by atoms with E-state index in [1.807, 2.05) is 0 Å². The lowest BCUT2D eigenvalue weighted by atomic mass is 10.3. The van der Waals surface area contributed by atoms with E-state index in [9.17, 15) is 4.79 Å². The summed E-state index contributed by atoms with van der Waals surface area (Å²) in [4.78, 5) is 10.6. The van der Waals surface area contributed by atoms with E-state index < -0.39 is 0 Å². The SMILES string of the molecule is CCCCCOCCOCCOCCOCCOCCOCCOCCOCCOCCOC(C)=O. The molecule has 0 aromatic rings. The molecule has 0 saturated heterocycles. The topological polar surface area (TPSA) is 109 Å². The van der Waals surface area contributed by atoms with Gasteiger partial charge >= 0.3 is 5.97 Å². The van der Waals surface area contributed by atoms with Crippen LogP contribution < -0.4 is 0 Å². The van der Waals surface area contributed by atoms with Crippen LogP contribution in [0, 0.1) is 0 Å². The molecule has 0 aromatic carbocycles. The Labute approximate surface area is 217 Å². The third-order valence-corrected chi connectivity index (χ3v) is 4.40. The highest BCUT2D eigenvalue weighted by Crippen LogP contribution is 1.94. The molecule has 36 heavy (non-hydrogen) atoms. The molecule has 0 unspecified atom stereocenters. The number of hydrogen-bond acceptors (Lipinski definition) is 11. The monoisotopic (exact) mass is 526 g/mol. The molecule has 0 saturated carbocycles. The minimum absolute atomic E-state index is 0.264. The van der Waals surface area contributed by atoms with Crippen LogP contribution >= 0.6 is 0 Å². The second-order valence-electron chi connectivity index (χ2n) is 7.56. The van der Waals surface area contributed by atoms with Crippen molar-refractivity contribution in [2.75, 3.05) is 126 Å². The van der Waals surface area contributed by atoms with Gasteiger partial charge in [-0.1, -0.05) is 19.8 Å². The van der Waals surface area contributed by atoms with Gasteiger partial charge in [0.1, 0.15) is 6.61 Å². The van der Waals surface area contributed by atoms with Crippen molar-refractivity contribution in [1.29, 1.82) is 0 Å². The highest BCUT2D eigenvalue weighted by molar-refractivity contribution is 5.65. The Hall–Kier alpha value is -0.890. The van der Waals surface area contributed by atoms with E-state index in [-0.39, 0.29) is 12.6 Å². The maximum Gasteiger partial charge on any atom is 0.302 e. The van der Waals surface area contributed by atoms with E-state index in [1.54, 1.807) is 0 Å². The zero-order valence-electron chi connectivity index (χ0n) is 22.5. The maximum absolute atomic E-state index is 10.6. The molecule has 0 spiro atoms. The van der Waals surface area contributed by atoms with Crippen molar-refractivity contribution in [2.24, 2.45) is 0 Å². The van der Waals surface area contributed by atoms with E-state index in [4.69, 9.17) is 47.4 Å². The minimum Gasteiger partial charge on any atom is -0.463 e. The van der Waals surface area contributed by atoms with E-state index >= 15 is 0 Å². The Bertz CT molecular complexity index is 427. The highest BCUT2D eigenvalue weighted by atomic mass is 16.6. The van der Waals surface area contributed by atoms with E-state index in [2.05, 4.69) is 6.92 Å². The van der Waals surface area contributed by atoms with Crippen LogP contribution in [0.5, 0.6) is 0 Å². The Morgan fingerprint density at radius 3 is 0.889 bits per heavy atom. The third kappa shape index (κ3) is 33.1. The summed E-state index contributed by atoms with van der Waals surface area (Å²) in [5, 5.41) is 0. The van der Waals surface area contributed by atoms with Gasteiger partial charge in [0.2, 0.25) is 0 Å².